The molecule has 0 aliphatic carbocycles. The minimum absolute atomic E-state index is 0.480. The molecule has 2 rings (SSSR count). The Labute approximate surface area is 103 Å². The van der Waals surface area contributed by atoms with Crippen LogP contribution in [0, 0.1) is 0 Å². The van der Waals surface area contributed by atoms with Gasteiger partial charge >= 0.3 is 0 Å². The molecule has 1 heterocycles. The van der Waals surface area contributed by atoms with Gasteiger partial charge in [-0.15, -0.1) is 0 Å². The molecule has 1 unspecified atom stereocenters. The van der Waals surface area contributed by atoms with E-state index in [4.69, 9.17) is 0 Å². The molecule has 84 valence electrons. The highest BCUT2D eigenvalue weighted by atomic mass is 32.2. The molecule has 0 bridgehead atoms. The predicted molar refractivity (Wildman–Crippen MR) is 70.2 cm³/mol. The van der Waals surface area contributed by atoms with Crippen LogP contribution in [0.3, 0.4) is 0 Å². The van der Waals surface area contributed by atoms with Crippen molar-refractivity contribution in [1.29, 1.82) is 0 Å². The van der Waals surface area contributed by atoms with Crippen molar-refractivity contribution in [3.63, 3.8) is 0 Å². The van der Waals surface area contributed by atoms with Gasteiger partial charge in [-0.25, -0.2) is 4.98 Å². The Morgan fingerprint density at radius 1 is 1.38 bits per heavy atom. The molecule has 1 atom stereocenters. The van der Waals surface area contributed by atoms with E-state index >= 15 is 0 Å². The monoisotopic (exact) mass is 251 g/mol. The largest absolute Gasteiger partial charge is 0.384 e. The lowest BCUT2D eigenvalue weighted by atomic mass is 10.3. The summed E-state index contributed by atoms with van der Waals surface area (Å²) in [5, 5.41) is 3.87. The van der Waals surface area contributed by atoms with E-state index in [9.17, 15) is 0 Å². The number of benzene rings is 1. The molecule has 16 heavy (non-hydrogen) atoms. The first-order valence-electron chi connectivity index (χ1n) is 5.07. The second kappa shape index (κ2) is 5.86. The van der Waals surface area contributed by atoms with Gasteiger partial charge in [0.05, 0.1) is 0 Å². The van der Waals surface area contributed by atoms with Crippen LogP contribution < -0.4 is 5.32 Å². The molecule has 3 nitrogen and oxygen atoms in total. The third-order valence-corrected chi connectivity index (χ3v) is 3.86. The molecule has 0 amide bonds. The third kappa shape index (κ3) is 3.50. The van der Waals surface area contributed by atoms with E-state index < -0.39 is 0 Å². The normalized spacial score (nSPS) is 12.3. The minimum Gasteiger partial charge on any atom is -0.384 e. The number of nitrogens with one attached hydrogen (secondary N) is 1. The first-order valence-corrected chi connectivity index (χ1v) is 6.72. The number of aromatic nitrogens is 2. The molecule has 0 saturated carbocycles. The predicted octanol–water partition coefficient (Wildman–Crippen LogP) is 3.13. The summed E-state index contributed by atoms with van der Waals surface area (Å²) in [7, 11) is 0. The van der Waals surface area contributed by atoms with Crippen LogP contribution >= 0.6 is 23.3 Å². The van der Waals surface area contributed by atoms with Gasteiger partial charge in [-0.2, -0.15) is 4.37 Å². The summed E-state index contributed by atoms with van der Waals surface area (Å²) < 4.78 is 5.01. The Bertz CT molecular complexity index is 402. The van der Waals surface area contributed by atoms with Gasteiger partial charge in [-0.05, 0) is 23.7 Å². The lowest BCUT2D eigenvalue weighted by Crippen LogP contribution is -2.12. The average molecular weight is 251 g/mol. The Balaban J connectivity index is 1.78. The number of nitrogens with zero attached hydrogens (tertiary/aromatic N) is 2. The van der Waals surface area contributed by atoms with Crippen molar-refractivity contribution >= 4 is 29.0 Å². The molecule has 0 aliphatic rings. The molecular weight excluding hydrogens is 238 g/mol. The van der Waals surface area contributed by atoms with E-state index in [0.29, 0.717) is 5.25 Å². The van der Waals surface area contributed by atoms with E-state index in [2.05, 4.69) is 33.7 Å². The highest BCUT2D eigenvalue weighted by Gasteiger charge is 2.06. The molecular formula is C11H13N3S2. The van der Waals surface area contributed by atoms with E-state index in [-0.39, 0.29) is 0 Å². The molecule has 0 aliphatic heterocycles. The van der Waals surface area contributed by atoms with E-state index in [1.54, 1.807) is 18.1 Å². The topological polar surface area (TPSA) is 37.8 Å². The first-order chi connectivity index (χ1) is 7.84. The Hall–Kier alpha value is -1.07. The number of thioether (sulfide) groups is 1. The standard InChI is InChI=1S/C11H13N3S2/c1-9(15-11-13-8-14-16-11)7-12-10-5-3-2-4-6-10/h2-6,8-9,12H,7H2,1H3. The Kier molecular flexibility index (Phi) is 4.18. The van der Waals surface area contributed by atoms with Crippen molar-refractivity contribution in [2.24, 2.45) is 0 Å². The molecule has 0 radical (unpaired) electrons. The highest BCUT2D eigenvalue weighted by molar-refractivity contribution is 8.01. The zero-order valence-electron chi connectivity index (χ0n) is 8.96. The van der Waals surface area contributed by atoms with Gasteiger partial charge in [0.15, 0.2) is 4.34 Å². The van der Waals surface area contributed by atoms with Crippen LogP contribution in [0.4, 0.5) is 5.69 Å². The molecule has 0 fully saturated rings. The van der Waals surface area contributed by atoms with Gasteiger partial charge in [0.1, 0.15) is 6.33 Å². The summed E-state index contributed by atoms with van der Waals surface area (Å²) in [5.74, 6) is 0. The SMILES string of the molecule is CC(CNc1ccccc1)Sc1ncns1. The van der Waals surface area contributed by atoms with E-state index in [1.807, 2.05) is 18.2 Å². The zero-order valence-corrected chi connectivity index (χ0v) is 10.6. The summed E-state index contributed by atoms with van der Waals surface area (Å²) in [6.45, 7) is 3.11. The van der Waals surface area contributed by atoms with Gasteiger partial charge in [-0.3, -0.25) is 0 Å². The number of hydrogen-bond acceptors (Lipinski definition) is 5. The summed E-state index contributed by atoms with van der Waals surface area (Å²) in [5.41, 5.74) is 1.16. The van der Waals surface area contributed by atoms with Gasteiger partial charge in [0.2, 0.25) is 0 Å². The van der Waals surface area contributed by atoms with Crippen LogP contribution in [-0.2, 0) is 0 Å². The highest BCUT2D eigenvalue weighted by Crippen LogP contribution is 2.23. The smallest absolute Gasteiger partial charge is 0.170 e. The summed E-state index contributed by atoms with van der Waals surface area (Å²) >= 11 is 3.20. The van der Waals surface area contributed by atoms with Gasteiger partial charge in [0.25, 0.3) is 0 Å². The molecule has 0 saturated heterocycles. The lowest BCUT2D eigenvalue weighted by molar-refractivity contribution is 0.996. The average Bonchev–Trinajstić information content (AvgIpc) is 2.81. The molecule has 2 aromatic rings. The lowest BCUT2D eigenvalue weighted by Gasteiger charge is -2.11. The molecule has 1 aromatic heterocycles. The maximum Gasteiger partial charge on any atom is 0.170 e. The van der Waals surface area contributed by atoms with Crippen molar-refractivity contribution in [1.82, 2.24) is 9.36 Å². The van der Waals surface area contributed by atoms with Gasteiger partial charge < -0.3 is 5.32 Å². The fourth-order valence-electron chi connectivity index (χ4n) is 1.25. The zero-order chi connectivity index (χ0) is 11.2. The van der Waals surface area contributed by atoms with Crippen molar-refractivity contribution in [3.05, 3.63) is 36.7 Å². The van der Waals surface area contributed by atoms with Crippen LogP contribution in [0.1, 0.15) is 6.92 Å². The van der Waals surface area contributed by atoms with Crippen LogP contribution in [-0.4, -0.2) is 21.2 Å². The van der Waals surface area contributed by atoms with Gasteiger partial charge in [0, 0.05) is 17.5 Å². The van der Waals surface area contributed by atoms with Crippen molar-refractivity contribution in [2.45, 2.75) is 16.5 Å². The van der Waals surface area contributed by atoms with Crippen LogP contribution in [0.2, 0.25) is 0 Å². The number of anilines is 1. The van der Waals surface area contributed by atoms with E-state index in [1.165, 1.54) is 11.5 Å². The fourth-order valence-corrected chi connectivity index (χ4v) is 2.94. The maximum absolute atomic E-state index is 4.15. The Morgan fingerprint density at radius 2 is 2.19 bits per heavy atom. The van der Waals surface area contributed by atoms with Crippen molar-refractivity contribution in [2.75, 3.05) is 11.9 Å². The molecule has 1 aromatic carbocycles. The Morgan fingerprint density at radius 3 is 2.88 bits per heavy atom. The van der Waals surface area contributed by atoms with Gasteiger partial charge in [-0.1, -0.05) is 36.9 Å². The van der Waals surface area contributed by atoms with Crippen LogP contribution in [0.5, 0.6) is 0 Å². The second-order valence-electron chi connectivity index (χ2n) is 3.38. The first kappa shape index (κ1) is 11.4. The number of rotatable bonds is 5. The molecule has 1 N–H and O–H groups in total. The second-order valence-corrected chi connectivity index (χ2v) is 5.85. The molecule has 5 heteroatoms. The van der Waals surface area contributed by atoms with Crippen molar-refractivity contribution in [3.8, 4) is 0 Å². The summed E-state index contributed by atoms with van der Waals surface area (Å²) in [6.07, 6.45) is 1.60. The maximum atomic E-state index is 4.15. The number of hydrogen-bond donors (Lipinski definition) is 1. The molecule has 0 spiro atoms. The van der Waals surface area contributed by atoms with Crippen LogP contribution in [0.25, 0.3) is 0 Å². The van der Waals surface area contributed by atoms with Crippen molar-refractivity contribution < 1.29 is 0 Å². The van der Waals surface area contributed by atoms with Crippen LogP contribution in [0.15, 0.2) is 41.0 Å². The third-order valence-electron chi connectivity index (χ3n) is 2.01. The summed E-state index contributed by atoms with van der Waals surface area (Å²) in [4.78, 5) is 4.15. The number of para-hydroxylation sites is 1. The fraction of sp³-hybridized carbons (Fsp3) is 0.273. The minimum atomic E-state index is 0.480. The van der Waals surface area contributed by atoms with E-state index in [0.717, 1.165) is 16.6 Å². The quantitative estimate of drug-likeness (QED) is 0.829. The summed E-state index contributed by atoms with van der Waals surface area (Å²) in [6, 6.07) is 10.2.